The molecule has 0 saturated carbocycles. The highest BCUT2D eigenvalue weighted by Crippen LogP contribution is 2.45. The molecule has 0 unspecified atom stereocenters. The van der Waals surface area contributed by atoms with Gasteiger partial charge in [-0.15, -0.1) is 0 Å². The number of hydrogen-bond acceptors (Lipinski definition) is 10. The Labute approximate surface area is 302 Å². The van der Waals surface area contributed by atoms with Gasteiger partial charge < -0.3 is 35.1 Å². The van der Waals surface area contributed by atoms with Crippen LogP contribution >= 0.6 is 0 Å². The van der Waals surface area contributed by atoms with Crippen LogP contribution in [0.5, 0.6) is 11.6 Å². The van der Waals surface area contributed by atoms with Crippen LogP contribution in [0, 0.1) is 0 Å². The number of fused-ring (bicyclic) bond motifs is 4. The van der Waals surface area contributed by atoms with Gasteiger partial charge in [0.1, 0.15) is 17.1 Å². The first kappa shape index (κ1) is 33.2. The van der Waals surface area contributed by atoms with Crippen molar-refractivity contribution in [2.45, 2.75) is 19.7 Å². The highest BCUT2D eigenvalue weighted by molar-refractivity contribution is 6.08. The summed E-state index contributed by atoms with van der Waals surface area (Å²) in [4.78, 5) is 35.5. The number of pyridine rings is 2. The lowest BCUT2D eigenvalue weighted by molar-refractivity contribution is 0.0697. The van der Waals surface area contributed by atoms with Gasteiger partial charge in [0.05, 0.1) is 58.5 Å². The Morgan fingerprint density at radius 1 is 0.755 bits per heavy atom. The Morgan fingerprint density at radius 3 is 2.17 bits per heavy atom. The smallest absolute Gasteiger partial charge is 0.336 e. The van der Waals surface area contributed by atoms with Crippen molar-refractivity contribution in [3.8, 4) is 34.1 Å². The number of carbonyl (C=O) groups is 1. The second-order valence-corrected chi connectivity index (χ2v) is 12.5. The van der Waals surface area contributed by atoms with Crippen molar-refractivity contribution in [2.75, 3.05) is 17.7 Å². The lowest BCUT2D eigenvalue weighted by Gasteiger charge is -2.21. The van der Waals surface area contributed by atoms with Crippen LogP contribution in [0.2, 0.25) is 0 Å². The number of nitrogens with one attached hydrogen (secondary N) is 2. The molecule has 6 aromatic rings. The molecule has 1 aliphatic heterocycles. The molecule has 0 amide bonds. The molecule has 0 spiro atoms. The number of nitrogens with zero attached hydrogens (tertiary/aromatic N) is 2. The Balaban J connectivity index is 1.32. The number of phenolic OH excluding ortho intramolecular Hbond substituents is 1. The molecular formula is C42H32N4O7. The Kier molecular flexibility index (Phi) is 8.53. The highest BCUT2D eigenvalue weighted by Gasteiger charge is 2.26. The molecule has 1 aliphatic carbocycles. The maximum absolute atomic E-state index is 13.7. The van der Waals surface area contributed by atoms with E-state index >= 15 is 0 Å². The number of aromatic nitrogens is 2. The predicted molar refractivity (Wildman–Crippen MR) is 204 cm³/mol. The van der Waals surface area contributed by atoms with Crippen molar-refractivity contribution < 1.29 is 29.3 Å². The van der Waals surface area contributed by atoms with Crippen LogP contribution in [-0.2, 0) is 19.7 Å². The van der Waals surface area contributed by atoms with Gasteiger partial charge in [-0.05, 0) is 60.2 Å². The third-order valence-electron chi connectivity index (χ3n) is 9.38. The number of carboxylic acid groups (broad SMARTS) is 1. The zero-order chi connectivity index (χ0) is 36.6. The number of ether oxygens (including phenoxy) is 1. The van der Waals surface area contributed by atoms with Gasteiger partial charge in [-0.3, -0.25) is 4.79 Å². The molecule has 262 valence electrons. The molecule has 3 heterocycles. The number of benzene rings is 5. The summed E-state index contributed by atoms with van der Waals surface area (Å²) < 4.78 is 12.0. The van der Waals surface area contributed by atoms with Crippen molar-refractivity contribution in [1.82, 2.24) is 9.97 Å². The maximum Gasteiger partial charge on any atom is 0.336 e. The first-order valence-corrected chi connectivity index (χ1v) is 16.8. The summed E-state index contributed by atoms with van der Waals surface area (Å²) in [6.07, 6.45) is 0. The maximum atomic E-state index is 13.7. The summed E-state index contributed by atoms with van der Waals surface area (Å²) in [5.74, 6) is -0.489. The second-order valence-electron chi connectivity index (χ2n) is 12.5. The molecule has 4 aromatic carbocycles. The fourth-order valence-electron chi connectivity index (χ4n) is 6.79. The molecule has 8 rings (SSSR count). The first-order chi connectivity index (χ1) is 25.8. The molecule has 0 fully saturated rings. The summed E-state index contributed by atoms with van der Waals surface area (Å²) >= 11 is 0. The van der Waals surface area contributed by atoms with Crippen molar-refractivity contribution in [1.29, 1.82) is 0 Å². The minimum atomic E-state index is -1.12. The minimum Gasteiger partial charge on any atom is -0.507 e. The van der Waals surface area contributed by atoms with Gasteiger partial charge in [0.25, 0.3) is 0 Å². The normalized spacial score (nSPS) is 11.4. The quantitative estimate of drug-likeness (QED) is 0.0882. The van der Waals surface area contributed by atoms with E-state index in [1.807, 2.05) is 48.5 Å². The van der Waals surface area contributed by atoms with Crippen LogP contribution < -0.4 is 20.8 Å². The average Bonchev–Trinajstić information content (AvgIpc) is 3.18. The average molecular weight is 705 g/mol. The molecule has 11 heteroatoms. The van der Waals surface area contributed by atoms with Gasteiger partial charge in [0.15, 0.2) is 5.43 Å². The summed E-state index contributed by atoms with van der Waals surface area (Å²) in [7, 11) is 1.55. The number of hydrogen-bond donors (Lipinski definition) is 5. The zero-order valence-corrected chi connectivity index (χ0v) is 28.4. The lowest BCUT2D eigenvalue weighted by atomic mass is 9.88. The van der Waals surface area contributed by atoms with E-state index in [-0.39, 0.29) is 47.8 Å². The van der Waals surface area contributed by atoms with Crippen molar-refractivity contribution >= 4 is 50.1 Å². The minimum absolute atomic E-state index is 0.0330. The summed E-state index contributed by atoms with van der Waals surface area (Å²) in [6, 6.07) is 31.6. The number of aromatic carboxylic acids is 1. The summed E-state index contributed by atoms with van der Waals surface area (Å²) in [5, 5.41) is 40.4. The fourth-order valence-corrected chi connectivity index (χ4v) is 6.79. The van der Waals surface area contributed by atoms with E-state index in [1.54, 1.807) is 55.6 Å². The third kappa shape index (κ3) is 5.98. The van der Waals surface area contributed by atoms with Gasteiger partial charge in [-0.25, -0.2) is 14.8 Å². The van der Waals surface area contributed by atoms with Crippen molar-refractivity contribution in [2.24, 2.45) is 0 Å². The molecule has 5 N–H and O–H groups in total. The molecule has 0 radical (unpaired) electrons. The standard InChI is InChI=1S/C42H32N4O7/c1-52-36-19-13-24-7-5-11-33(39(24)46-36)44-21-31-35(49)18-16-29-37(26-8-2-3-9-27(26)42(50)51)28-15-17-34(48)30(40(28)53-41(29)31)20-43-32-10-4-6-23-12-14-25(22-47)45-38(23)32/h2-19,43-44,47,49H,20-22H2,1H3,(H,50,51). The molecule has 0 saturated heterocycles. The Hall–Kier alpha value is -6.98. The van der Waals surface area contributed by atoms with Crippen molar-refractivity contribution in [3.05, 3.63) is 142 Å². The molecule has 53 heavy (non-hydrogen) atoms. The van der Waals surface area contributed by atoms with E-state index in [0.717, 1.165) is 10.8 Å². The molecule has 0 bridgehead atoms. The Bertz CT molecular complexity index is 2740. The lowest BCUT2D eigenvalue weighted by Crippen LogP contribution is -2.15. The van der Waals surface area contributed by atoms with Gasteiger partial charge >= 0.3 is 5.97 Å². The SMILES string of the molecule is COc1ccc2cccc(NCc3c(O)ccc4c(-c5ccccc5C(=O)O)c5ccc(=O)c(CNc6cccc7ccc(CO)nc67)c-5oc34)c2n1. The number of phenols is 1. The van der Waals surface area contributed by atoms with E-state index in [1.165, 1.54) is 12.1 Å². The van der Waals surface area contributed by atoms with Crippen LogP contribution in [-0.4, -0.2) is 38.4 Å². The van der Waals surface area contributed by atoms with E-state index < -0.39 is 5.97 Å². The number of aliphatic hydroxyl groups excluding tert-OH is 1. The number of aromatic hydroxyl groups is 1. The number of aliphatic hydroxyl groups is 1. The van der Waals surface area contributed by atoms with Gasteiger partial charge in [-0.1, -0.05) is 48.5 Å². The molecule has 2 aliphatic rings. The monoisotopic (exact) mass is 704 g/mol. The number of rotatable bonds is 10. The van der Waals surface area contributed by atoms with Gasteiger partial charge in [0.2, 0.25) is 5.88 Å². The van der Waals surface area contributed by atoms with Crippen LogP contribution in [0.4, 0.5) is 11.4 Å². The van der Waals surface area contributed by atoms with E-state index in [4.69, 9.17) is 9.15 Å². The molecule has 2 aromatic heterocycles. The third-order valence-corrected chi connectivity index (χ3v) is 9.38. The topological polar surface area (TPSA) is 167 Å². The van der Waals surface area contributed by atoms with Gasteiger partial charge in [0, 0.05) is 46.4 Å². The number of methoxy groups -OCH3 is 1. The number of para-hydroxylation sites is 2. The number of anilines is 2. The van der Waals surface area contributed by atoms with E-state index in [2.05, 4.69) is 20.6 Å². The van der Waals surface area contributed by atoms with Crippen LogP contribution in [0.3, 0.4) is 0 Å². The van der Waals surface area contributed by atoms with Crippen LogP contribution in [0.25, 0.3) is 55.2 Å². The molecular weight excluding hydrogens is 672 g/mol. The Morgan fingerprint density at radius 2 is 1.45 bits per heavy atom. The summed E-state index contributed by atoms with van der Waals surface area (Å²) in [6.45, 7) is -0.0962. The van der Waals surface area contributed by atoms with E-state index in [0.29, 0.717) is 67.2 Å². The molecule has 0 atom stereocenters. The summed E-state index contributed by atoms with van der Waals surface area (Å²) in [5.41, 5.74) is 5.35. The van der Waals surface area contributed by atoms with Gasteiger partial charge in [-0.2, -0.15) is 0 Å². The van der Waals surface area contributed by atoms with E-state index in [9.17, 15) is 24.9 Å². The molecule has 11 nitrogen and oxygen atoms in total. The highest BCUT2D eigenvalue weighted by atomic mass is 16.5. The van der Waals surface area contributed by atoms with Crippen LogP contribution in [0.1, 0.15) is 27.2 Å². The first-order valence-electron chi connectivity index (χ1n) is 16.8. The number of carboxylic acids is 1. The zero-order valence-electron chi connectivity index (χ0n) is 28.4. The predicted octanol–water partition coefficient (Wildman–Crippen LogP) is 7.79. The largest absolute Gasteiger partial charge is 0.507 e. The van der Waals surface area contributed by atoms with Crippen molar-refractivity contribution in [3.63, 3.8) is 0 Å². The van der Waals surface area contributed by atoms with Crippen LogP contribution in [0.15, 0.2) is 118 Å². The second kappa shape index (κ2) is 13.6. The fraction of sp³-hybridized carbons (Fsp3) is 0.0952.